The number of hydrogen-bond acceptors (Lipinski definition) is 5. The molecular weight excluding hydrogens is 296 g/mol. The third kappa shape index (κ3) is 3.85. The van der Waals surface area contributed by atoms with Gasteiger partial charge in [0, 0.05) is 12.1 Å². The number of nitrogens with one attached hydrogen (secondary N) is 1. The van der Waals surface area contributed by atoms with Crippen molar-refractivity contribution in [1.82, 2.24) is 0 Å². The largest absolute Gasteiger partial charge is 0.457 e. The summed E-state index contributed by atoms with van der Waals surface area (Å²) in [7, 11) is 0. The van der Waals surface area contributed by atoms with Crippen LogP contribution in [0.2, 0.25) is 0 Å². The minimum atomic E-state index is -0.574. The summed E-state index contributed by atoms with van der Waals surface area (Å²) in [6, 6.07) is 13.9. The maximum Gasteiger partial charge on any atom is 0.338 e. The number of nitro benzene ring substituents is 1. The van der Waals surface area contributed by atoms with Crippen LogP contribution < -0.4 is 5.32 Å². The molecule has 2 aromatic carbocycles. The molecule has 0 bridgehead atoms. The van der Waals surface area contributed by atoms with Gasteiger partial charge < -0.3 is 10.1 Å². The van der Waals surface area contributed by atoms with Gasteiger partial charge in [-0.05, 0) is 30.5 Å². The Bertz CT molecular complexity index is 727. The van der Waals surface area contributed by atoms with E-state index in [1.54, 1.807) is 12.1 Å². The second-order valence-corrected chi connectivity index (χ2v) is 5.47. The first-order valence-electron chi connectivity index (χ1n) is 7.39. The minimum absolute atomic E-state index is 0.105. The summed E-state index contributed by atoms with van der Waals surface area (Å²) in [4.78, 5) is 22.8. The van der Waals surface area contributed by atoms with Gasteiger partial charge in [0.2, 0.25) is 0 Å². The molecule has 0 spiro atoms. The summed E-state index contributed by atoms with van der Waals surface area (Å²) in [5.74, 6) is -0.574. The molecule has 118 valence electrons. The number of anilines is 1. The highest BCUT2D eigenvalue weighted by atomic mass is 16.6. The van der Waals surface area contributed by atoms with Crippen LogP contribution in [0.1, 0.15) is 28.8 Å². The molecule has 1 fully saturated rings. The van der Waals surface area contributed by atoms with Gasteiger partial charge in [-0.3, -0.25) is 10.1 Å². The fourth-order valence-electron chi connectivity index (χ4n) is 2.19. The van der Waals surface area contributed by atoms with Gasteiger partial charge in [0.05, 0.1) is 10.5 Å². The van der Waals surface area contributed by atoms with Crippen molar-refractivity contribution in [2.75, 3.05) is 5.32 Å². The Balaban J connectivity index is 1.72. The second-order valence-electron chi connectivity index (χ2n) is 5.47. The van der Waals surface area contributed by atoms with E-state index in [2.05, 4.69) is 5.32 Å². The Morgan fingerprint density at radius 1 is 1.22 bits per heavy atom. The van der Waals surface area contributed by atoms with Crippen LogP contribution in [-0.4, -0.2) is 16.9 Å². The Labute approximate surface area is 133 Å². The minimum Gasteiger partial charge on any atom is -0.457 e. The Kier molecular flexibility index (Phi) is 4.23. The molecule has 3 rings (SSSR count). The van der Waals surface area contributed by atoms with Crippen molar-refractivity contribution in [3.63, 3.8) is 0 Å². The molecule has 0 unspecified atom stereocenters. The van der Waals surface area contributed by atoms with Crippen molar-refractivity contribution in [3.8, 4) is 0 Å². The van der Waals surface area contributed by atoms with Gasteiger partial charge in [-0.15, -0.1) is 0 Å². The molecule has 6 heteroatoms. The number of esters is 1. The zero-order chi connectivity index (χ0) is 16.2. The smallest absolute Gasteiger partial charge is 0.338 e. The van der Waals surface area contributed by atoms with Crippen LogP contribution in [0.5, 0.6) is 0 Å². The van der Waals surface area contributed by atoms with Crippen molar-refractivity contribution in [1.29, 1.82) is 0 Å². The Hall–Kier alpha value is -2.89. The normalized spacial score (nSPS) is 13.4. The molecule has 1 aliphatic rings. The lowest BCUT2D eigenvalue weighted by Gasteiger charge is -2.08. The summed E-state index contributed by atoms with van der Waals surface area (Å²) in [6.45, 7) is 0.134. The van der Waals surface area contributed by atoms with Crippen LogP contribution in [0.15, 0.2) is 48.5 Å². The summed E-state index contributed by atoms with van der Waals surface area (Å²) in [5, 5.41) is 14.3. The number of rotatable bonds is 6. The van der Waals surface area contributed by atoms with Crippen molar-refractivity contribution in [3.05, 3.63) is 69.8 Å². The van der Waals surface area contributed by atoms with Crippen LogP contribution in [0, 0.1) is 10.1 Å². The topological polar surface area (TPSA) is 81.5 Å². The molecule has 6 nitrogen and oxygen atoms in total. The van der Waals surface area contributed by atoms with E-state index in [9.17, 15) is 14.9 Å². The summed E-state index contributed by atoms with van der Waals surface area (Å²) < 4.78 is 5.20. The maximum absolute atomic E-state index is 12.1. The van der Waals surface area contributed by atoms with Crippen molar-refractivity contribution in [2.24, 2.45) is 0 Å². The third-order valence-electron chi connectivity index (χ3n) is 3.58. The summed E-state index contributed by atoms with van der Waals surface area (Å²) in [5.41, 5.74) is 1.37. The van der Waals surface area contributed by atoms with Crippen LogP contribution >= 0.6 is 0 Å². The molecule has 1 saturated carbocycles. The maximum atomic E-state index is 12.1. The highest BCUT2D eigenvalue weighted by molar-refractivity contribution is 5.91. The summed E-state index contributed by atoms with van der Waals surface area (Å²) in [6.07, 6.45) is 2.02. The fourth-order valence-corrected chi connectivity index (χ4v) is 2.19. The van der Waals surface area contributed by atoms with Gasteiger partial charge in [0.25, 0.3) is 5.69 Å². The average molecular weight is 312 g/mol. The van der Waals surface area contributed by atoms with Gasteiger partial charge in [0.15, 0.2) is 0 Å². The number of nitrogens with zero attached hydrogens (tertiary/aromatic N) is 1. The van der Waals surface area contributed by atoms with E-state index in [1.165, 1.54) is 6.07 Å². The standard InChI is InChI=1S/C17H16N2O4/c20-17(23-11-12-4-2-1-3-5-12)13-6-9-15(18-14-7-8-14)16(10-13)19(21)22/h1-6,9-10,14,18H,7-8,11H2. The van der Waals surface area contributed by atoms with Crippen LogP contribution in [0.4, 0.5) is 11.4 Å². The van der Waals surface area contributed by atoms with Crippen LogP contribution in [-0.2, 0) is 11.3 Å². The molecule has 23 heavy (non-hydrogen) atoms. The van der Waals surface area contributed by atoms with E-state index in [1.807, 2.05) is 30.3 Å². The van der Waals surface area contributed by atoms with Crippen molar-refractivity contribution < 1.29 is 14.5 Å². The van der Waals surface area contributed by atoms with E-state index >= 15 is 0 Å². The molecule has 1 aliphatic carbocycles. The molecule has 0 aliphatic heterocycles. The molecule has 0 atom stereocenters. The zero-order valence-electron chi connectivity index (χ0n) is 12.4. The molecular formula is C17H16N2O4. The Morgan fingerprint density at radius 3 is 2.61 bits per heavy atom. The van der Waals surface area contributed by atoms with Crippen molar-refractivity contribution in [2.45, 2.75) is 25.5 Å². The summed E-state index contributed by atoms with van der Waals surface area (Å²) >= 11 is 0. The van der Waals surface area contributed by atoms with Gasteiger partial charge in [-0.2, -0.15) is 0 Å². The third-order valence-corrected chi connectivity index (χ3v) is 3.58. The van der Waals surface area contributed by atoms with Gasteiger partial charge in [0.1, 0.15) is 12.3 Å². The first kappa shape index (κ1) is 15.0. The molecule has 0 heterocycles. The van der Waals surface area contributed by atoms with Gasteiger partial charge in [-0.1, -0.05) is 30.3 Å². The highest BCUT2D eigenvalue weighted by Gasteiger charge is 2.25. The first-order chi connectivity index (χ1) is 11.1. The van der Waals surface area contributed by atoms with Gasteiger partial charge >= 0.3 is 5.97 Å². The number of nitro groups is 1. The predicted molar refractivity (Wildman–Crippen MR) is 85.3 cm³/mol. The lowest BCUT2D eigenvalue weighted by atomic mass is 10.1. The van der Waals surface area contributed by atoms with Crippen LogP contribution in [0.25, 0.3) is 0 Å². The molecule has 2 aromatic rings. The highest BCUT2D eigenvalue weighted by Crippen LogP contribution is 2.31. The fraction of sp³-hybridized carbons (Fsp3) is 0.235. The Morgan fingerprint density at radius 2 is 1.96 bits per heavy atom. The lowest BCUT2D eigenvalue weighted by molar-refractivity contribution is -0.384. The molecule has 0 saturated heterocycles. The van der Waals surface area contributed by atoms with Crippen LogP contribution in [0.3, 0.4) is 0 Å². The monoisotopic (exact) mass is 312 g/mol. The second kappa shape index (κ2) is 6.48. The zero-order valence-corrected chi connectivity index (χ0v) is 12.4. The predicted octanol–water partition coefficient (Wildman–Crippen LogP) is 3.53. The van der Waals surface area contributed by atoms with E-state index in [-0.39, 0.29) is 17.9 Å². The van der Waals surface area contributed by atoms with E-state index in [4.69, 9.17) is 4.74 Å². The first-order valence-corrected chi connectivity index (χ1v) is 7.39. The molecule has 0 aromatic heterocycles. The number of carbonyl (C=O) groups is 1. The molecule has 0 amide bonds. The van der Waals surface area contributed by atoms with Crippen molar-refractivity contribution >= 4 is 17.3 Å². The van der Waals surface area contributed by atoms with E-state index < -0.39 is 10.9 Å². The quantitative estimate of drug-likeness (QED) is 0.501. The van der Waals surface area contributed by atoms with E-state index in [0.717, 1.165) is 18.4 Å². The van der Waals surface area contributed by atoms with E-state index in [0.29, 0.717) is 11.7 Å². The lowest BCUT2D eigenvalue weighted by Crippen LogP contribution is -2.08. The average Bonchev–Trinajstić information content (AvgIpc) is 3.37. The number of carbonyl (C=O) groups excluding carboxylic acids is 1. The SMILES string of the molecule is O=C(OCc1ccccc1)c1ccc(NC2CC2)c([N+](=O)[O-])c1. The number of benzene rings is 2. The number of hydrogen-bond donors (Lipinski definition) is 1. The van der Waals surface area contributed by atoms with Gasteiger partial charge in [-0.25, -0.2) is 4.79 Å². The number of ether oxygens (including phenoxy) is 1. The molecule has 1 N–H and O–H groups in total. The molecule has 0 radical (unpaired) electrons.